The summed E-state index contributed by atoms with van der Waals surface area (Å²) in [6.45, 7) is 0.114. The Morgan fingerprint density at radius 3 is 2.83 bits per heavy atom. The Morgan fingerprint density at radius 1 is 1.33 bits per heavy atom. The van der Waals surface area contributed by atoms with E-state index in [-0.39, 0.29) is 17.9 Å². The fourth-order valence-corrected chi connectivity index (χ4v) is 1.55. The highest BCUT2D eigenvalue weighted by molar-refractivity contribution is 6.29. The predicted octanol–water partition coefficient (Wildman–Crippen LogP) is 3.32. The van der Waals surface area contributed by atoms with Crippen LogP contribution in [-0.4, -0.2) is 4.98 Å². The minimum Gasteiger partial charge on any atom is -0.484 e. The van der Waals surface area contributed by atoms with Gasteiger partial charge in [0.25, 0.3) is 0 Å². The lowest BCUT2D eigenvalue weighted by molar-refractivity contribution is 0.286. The maximum atomic E-state index is 13.5. The third-order valence-electron chi connectivity index (χ3n) is 2.21. The lowest BCUT2D eigenvalue weighted by Gasteiger charge is -2.06. The van der Waals surface area contributed by atoms with Gasteiger partial charge in [0.2, 0.25) is 0 Å². The van der Waals surface area contributed by atoms with E-state index in [0.717, 1.165) is 6.07 Å². The van der Waals surface area contributed by atoms with Crippen molar-refractivity contribution in [2.24, 2.45) is 0 Å². The smallest absolute Gasteiger partial charge is 0.166 e. The molecule has 0 amide bonds. The van der Waals surface area contributed by atoms with Crippen LogP contribution in [-0.2, 0) is 6.61 Å². The van der Waals surface area contributed by atoms with Crippen molar-refractivity contribution < 1.29 is 9.13 Å². The van der Waals surface area contributed by atoms with E-state index in [0.29, 0.717) is 10.8 Å². The van der Waals surface area contributed by atoms with Crippen LogP contribution < -0.4 is 4.74 Å². The molecule has 0 radical (unpaired) electrons. The predicted molar refractivity (Wildman–Crippen MR) is 64.7 cm³/mol. The average molecular weight is 263 g/mol. The molecule has 18 heavy (non-hydrogen) atoms. The highest BCUT2D eigenvalue weighted by Gasteiger charge is 2.05. The lowest BCUT2D eigenvalue weighted by Crippen LogP contribution is -1.99. The van der Waals surface area contributed by atoms with Crippen molar-refractivity contribution in [1.29, 1.82) is 5.26 Å². The van der Waals surface area contributed by atoms with Crippen LogP contribution in [0.2, 0.25) is 5.15 Å². The van der Waals surface area contributed by atoms with E-state index in [1.54, 1.807) is 18.2 Å². The molecule has 3 nitrogen and oxygen atoms in total. The number of halogens is 2. The molecule has 0 atom stereocenters. The first-order chi connectivity index (χ1) is 8.69. The van der Waals surface area contributed by atoms with Crippen molar-refractivity contribution in [2.45, 2.75) is 6.61 Å². The molecule has 1 aromatic carbocycles. The first kappa shape index (κ1) is 12.3. The summed E-state index contributed by atoms with van der Waals surface area (Å²) in [5.74, 6) is -0.494. The van der Waals surface area contributed by atoms with Gasteiger partial charge < -0.3 is 4.74 Å². The SMILES string of the molecule is N#Cc1ccc(OCc2cccc(Cl)n2)c(F)c1. The Hall–Kier alpha value is -2.12. The van der Waals surface area contributed by atoms with Crippen LogP contribution in [0.1, 0.15) is 11.3 Å². The van der Waals surface area contributed by atoms with Crippen molar-refractivity contribution in [2.75, 3.05) is 0 Å². The van der Waals surface area contributed by atoms with Crippen LogP contribution in [0.3, 0.4) is 0 Å². The molecule has 0 saturated heterocycles. The van der Waals surface area contributed by atoms with E-state index in [1.165, 1.54) is 12.1 Å². The molecule has 0 aliphatic heterocycles. The van der Waals surface area contributed by atoms with Gasteiger partial charge in [-0.25, -0.2) is 9.37 Å². The topological polar surface area (TPSA) is 45.9 Å². The van der Waals surface area contributed by atoms with E-state index in [9.17, 15) is 4.39 Å². The third kappa shape index (κ3) is 2.96. The maximum absolute atomic E-state index is 13.5. The fourth-order valence-electron chi connectivity index (χ4n) is 1.37. The number of nitrogens with zero attached hydrogens (tertiary/aromatic N) is 2. The van der Waals surface area contributed by atoms with Crippen LogP contribution in [0.4, 0.5) is 4.39 Å². The largest absolute Gasteiger partial charge is 0.484 e. The summed E-state index contributed by atoms with van der Waals surface area (Å²) in [4.78, 5) is 4.02. The fraction of sp³-hybridized carbons (Fsp3) is 0.0769. The van der Waals surface area contributed by atoms with Crippen molar-refractivity contribution in [3.63, 3.8) is 0 Å². The molecular weight excluding hydrogens is 255 g/mol. The van der Waals surface area contributed by atoms with Gasteiger partial charge in [0.05, 0.1) is 17.3 Å². The van der Waals surface area contributed by atoms with Gasteiger partial charge in [0, 0.05) is 0 Å². The monoisotopic (exact) mass is 262 g/mol. The van der Waals surface area contributed by atoms with Gasteiger partial charge in [0.15, 0.2) is 11.6 Å². The van der Waals surface area contributed by atoms with E-state index < -0.39 is 5.82 Å². The minimum atomic E-state index is -0.573. The normalized spacial score (nSPS) is 9.83. The van der Waals surface area contributed by atoms with E-state index >= 15 is 0 Å². The Kier molecular flexibility index (Phi) is 3.75. The van der Waals surface area contributed by atoms with Gasteiger partial charge >= 0.3 is 0 Å². The third-order valence-corrected chi connectivity index (χ3v) is 2.42. The van der Waals surface area contributed by atoms with E-state index in [2.05, 4.69) is 4.98 Å². The Morgan fingerprint density at radius 2 is 2.17 bits per heavy atom. The summed E-state index contributed by atoms with van der Waals surface area (Å²) in [7, 11) is 0. The zero-order valence-electron chi connectivity index (χ0n) is 9.23. The van der Waals surface area contributed by atoms with E-state index in [1.807, 2.05) is 6.07 Å². The molecule has 90 valence electrons. The van der Waals surface area contributed by atoms with Crippen LogP contribution in [0.25, 0.3) is 0 Å². The summed E-state index contributed by atoms with van der Waals surface area (Å²) in [6.07, 6.45) is 0. The summed E-state index contributed by atoms with van der Waals surface area (Å²) < 4.78 is 18.8. The second-order valence-electron chi connectivity index (χ2n) is 3.50. The first-order valence-corrected chi connectivity index (χ1v) is 5.51. The lowest BCUT2D eigenvalue weighted by atomic mass is 10.2. The van der Waals surface area contributed by atoms with Crippen LogP contribution in [0, 0.1) is 17.1 Å². The van der Waals surface area contributed by atoms with Crippen molar-refractivity contribution in [3.8, 4) is 11.8 Å². The summed E-state index contributed by atoms with van der Waals surface area (Å²) in [6, 6.07) is 11.0. The number of pyridine rings is 1. The molecule has 0 aliphatic rings. The van der Waals surface area contributed by atoms with Crippen molar-refractivity contribution in [1.82, 2.24) is 4.98 Å². The highest BCUT2D eigenvalue weighted by atomic mass is 35.5. The summed E-state index contributed by atoms with van der Waals surface area (Å²) in [5.41, 5.74) is 0.854. The molecule has 0 bridgehead atoms. The van der Waals surface area contributed by atoms with Gasteiger partial charge in [-0.05, 0) is 30.3 Å². The van der Waals surface area contributed by atoms with Crippen molar-refractivity contribution in [3.05, 3.63) is 58.6 Å². The van der Waals surface area contributed by atoms with Gasteiger partial charge in [-0.15, -0.1) is 0 Å². The van der Waals surface area contributed by atoms with Crippen molar-refractivity contribution >= 4 is 11.6 Å². The molecule has 0 fully saturated rings. The number of aromatic nitrogens is 1. The second kappa shape index (κ2) is 5.48. The Labute approximate surface area is 108 Å². The molecule has 5 heteroatoms. The number of nitriles is 1. The Bertz CT molecular complexity index is 610. The number of benzene rings is 1. The van der Waals surface area contributed by atoms with Gasteiger partial charge in [0.1, 0.15) is 11.8 Å². The first-order valence-electron chi connectivity index (χ1n) is 5.13. The van der Waals surface area contributed by atoms with Gasteiger partial charge in [-0.2, -0.15) is 5.26 Å². The van der Waals surface area contributed by atoms with Crippen LogP contribution in [0.5, 0.6) is 5.75 Å². The molecule has 0 unspecified atom stereocenters. The summed E-state index contributed by atoms with van der Waals surface area (Å²) >= 11 is 5.72. The van der Waals surface area contributed by atoms with Crippen LogP contribution >= 0.6 is 11.6 Å². The number of hydrogen-bond donors (Lipinski definition) is 0. The average Bonchev–Trinajstić information content (AvgIpc) is 2.37. The van der Waals surface area contributed by atoms with Gasteiger partial charge in [-0.1, -0.05) is 17.7 Å². The molecular formula is C13H8ClFN2O. The molecule has 1 aromatic heterocycles. The molecule has 0 N–H and O–H groups in total. The maximum Gasteiger partial charge on any atom is 0.166 e. The number of hydrogen-bond acceptors (Lipinski definition) is 3. The molecule has 0 aliphatic carbocycles. The zero-order valence-corrected chi connectivity index (χ0v) is 9.99. The summed E-state index contributed by atoms with van der Waals surface area (Å²) in [5, 5.41) is 8.97. The van der Waals surface area contributed by atoms with Crippen LogP contribution in [0.15, 0.2) is 36.4 Å². The number of rotatable bonds is 3. The number of ether oxygens (including phenoxy) is 1. The van der Waals surface area contributed by atoms with E-state index in [4.69, 9.17) is 21.6 Å². The second-order valence-corrected chi connectivity index (χ2v) is 3.88. The molecule has 0 spiro atoms. The van der Waals surface area contributed by atoms with Gasteiger partial charge in [-0.3, -0.25) is 0 Å². The molecule has 2 rings (SSSR count). The molecule has 0 saturated carbocycles. The molecule has 2 aromatic rings. The quantitative estimate of drug-likeness (QED) is 0.797. The highest BCUT2D eigenvalue weighted by Crippen LogP contribution is 2.19. The standard InChI is InChI=1S/C13H8ClFN2O/c14-13-3-1-2-10(17-13)8-18-12-5-4-9(7-16)6-11(12)15/h1-6H,8H2. The molecule has 1 heterocycles. The zero-order chi connectivity index (χ0) is 13.0. The minimum absolute atomic E-state index is 0.0794. The Balaban J connectivity index is 2.09.